The number of aromatic nitrogens is 1. The van der Waals surface area contributed by atoms with Gasteiger partial charge in [-0.2, -0.15) is 0 Å². The predicted octanol–water partition coefficient (Wildman–Crippen LogP) is 9.25. The third-order valence-electron chi connectivity index (χ3n) is 9.75. The van der Waals surface area contributed by atoms with Gasteiger partial charge in [-0.1, -0.05) is 96.9 Å². The molecule has 1 saturated heterocycles. The van der Waals surface area contributed by atoms with Gasteiger partial charge in [-0.3, -0.25) is 4.98 Å². The molecule has 1 aromatic heterocycles. The van der Waals surface area contributed by atoms with Crippen LogP contribution >= 0.6 is 11.6 Å². The summed E-state index contributed by atoms with van der Waals surface area (Å²) < 4.78 is 6.48. The number of pyridine rings is 1. The third kappa shape index (κ3) is 8.35. The van der Waals surface area contributed by atoms with Crippen molar-refractivity contribution in [2.45, 2.75) is 63.5 Å². The highest BCUT2D eigenvalue weighted by atomic mass is 35.5. The molecule has 4 aromatic rings. The first kappa shape index (κ1) is 34.1. The molecule has 6 rings (SSSR count). The van der Waals surface area contributed by atoms with Crippen molar-refractivity contribution in [1.29, 1.82) is 0 Å². The lowest BCUT2D eigenvalue weighted by Crippen LogP contribution is -2.31. The van der Waals surface area contributed by atoms with Gasteiger partial charge in [-0.15, -0.1) is 0 Å². The van der Waals surface area contributed by atoms with Crippen LogP contribution in [0, 0.1) is 0 Å². The second-order valence-electron chi connectivity index (χ2n) is 13.2. The molecule has 1 aliphatic carbocycles. The summed E-state index contributed by atoms with van der Waals surface area (Å²) in [6.07, 6.45) is 7.78. The number of fused-ring (bicyclic) bond motifs is 1. The van der Waals surface area contributed by atoms with Crippen LogP contribution in [-0.2, 0) is 16.8 Å². The summed E-state index contributed by atoms with van der Waals surface area (Å²) in [5.41, 5.74) is 8.98. The Bertz CT molecular complexity index is 1550. The molecule has 2 aliphatic rings. The highest BCUT2D eigenvalue weighted by Gasteiger charge is 2.31. The van der Waals surface area contributed by atoms with Crippen LogP contribution in [0.3, 0.4) is 0 Å². The quantitative estimate of drug-likeness (QED) is 0.164. The lowest BCUT2D eigenvalue weighted by molar-refractivity contribution is -0.0117. The SMILES string of the molecule is CC(C1=C(CCN(C)C)Cc2ccccc21)c1ccccn1.CN1CCC[C@@H]1CCO[C@](C)(c1ccccc1)c1ccc(Cl)cc1. The van der Waals surface area contributed by atoms with Gasteiger partial charge in [-0.25, -0.2) is 0 Å². The average Bonchev–Trinajstić information content (AvgIpc) is 3.67. The van der Waals surface area contributed by atoms with E-state index in [9.17, 15) is 0 Å². The second kappa shape index (κ2) is 16.0. The largest absolute Gasteiger partial charge is 0.366 e. The van der Waals surface area contributed by atoms with Gasteiger partial charge in [0.25, 0.3) is 0 Å². The van der Waals surface area contributed by atoms with E-state index in [1.54, 1.807) is 5.57 Å². The summed E-state index contributed by atoms with van der Waals surface area (Å²) >= 11 is 6.07. The summed E-state index contributed by atoms with van der Waals surface area (Å²) in [6.45, 7) is 7.50. The van der Waals surface area contributed by atoms with Gasteiger partial charge in [0.2, 0.25) is 0 Å². The van der Waals surface area contributed by atoms with E-state index in [-0.39, 0.29) is 0 Å². The van der Waals surface area contributed by atoms with Crippen LogP contribution in [0.4, 0.5) is 0 Å². The maximum atomic E-state index is 6.48. The zero-order valence-corrected chi connectivity index (χ0v) is 29.0. The molecule has 46 heavy (non-hydrogen) atoms. The first-order valence-corrected chi connectivity index (χ1v) is 17.2. The fourth-order valence-electron chi connectivity index (χ4n) is 6.95. The number of halogens is 1. The molecule has 4 nitrogen and oxygen atoms in total. The van der Waals surface area contributed by atoms with Crippen LogP contribution in [0.5, 0.6) is 0 Å². The maximum absolute atomic E-state index is 6.48. The first-order valence-electron chi connectivity index (χ1n) is 16.8. The monoisotopic (exact) mass is 635 g/mol. The van der Waals surface area contributed by atoms with Crippen LogP contribution in [0.1, 0.15) is 73.4 Å². The first-order chi connectivity index (χ1) is 22.3. The number of benzene rings is 3. The number of likely N-dealkylation sites (tertiary alicyclic amines) is 1. The van der Waals surface area contributed by atoms with E-state index in [0.717, 1.165) is 48.7 Å². The number of hydrogen-bond donors (Lipinski definition) is 0. The zero-order chi connectivity index (χ0) is 32.5. The molecule has 0 radical (unpaired) electrons. The van der Waals surface area contributed by atoms with Gasteiger partial charge in [0.1, 0.15) is 5.60 Å². The number of hydrogen-bond acceptors (Lipinski definition) is 4. The zero-order valence-electron chi connectivity index (χ0n) is 28.3. The molecule has 5 heteroatoms. The minimum absolute atomic E-state index is 0.349. The fraction of sp³-hybridized carbons (Fsp3) is 0.390. The Kier molecular flexibility index (Phi) is 11.9. The normalized spacial score (nSPS) is 18.2. The topological polar surface area (TPSA) is 28.6 Å². The second-order valence-corrected chi connectivity index (χ2v) is 13.6. The Morgan fingerprint density at radius 2 is 1.63 bits per heavy atom. The Balaban J connectivity index is 0.000000182. The lowest BCUT2D eigenvalue weighted by atomic mass is 9.88. The molecule has 0 bridgehead atoms. The van der Waals surface area contributed by atoms with E-state index in [4.69, 9.17) is 16.3 Å². The molecule has 0 N–H and O–H groups in total. The molecule has 0 saturated carbocycles. The minimum atomic E-state index is -0.455. The van der Waals surface area contributed by atoms with Crippen molar-refractivity contribution in [2.24, 2.45) is 0 Å². The molecule has 1 fully saturated rings. The van der Waals surface area contributed by atoms with E-state index in [1.165, 1.54) is 41.6 Å². The summed E-state index contributed by atoms with van der Waals surface area (Å²) in [7, 11) is 6.50. The van der Waals surface area contributed by atoms with Gasteiger partial charge in [0, 0.05) is 42.0 Å². The summed E-state index contributed by atoms with van der Waals surface area (Å²) in [4.78, 5) is 9.29. The van der Waals surface area contributed by atoms with Crippen LogP contribution in [0.25, 0.3) is 5.57 Å². The number of rotatable bonds is 11. The smallest absolute Gasteiger partial charge is 0.115 e. The van der Waals surface area contributed by atoms with Crippen molar-refractivity contribution in [3.63, 3.8) is 0 Å². The number of allylic oxidation sites excluding steroid dienone is 1. The fourth-order valence-corrected chi connectivity index (χ4v) is 7.08. The van der Waals surface area contributed by atoms with Crippen molar-refractivity contribution in [2.75, 3.05) is 40.8 Å². The van der Waals surface area contributed by atoms with Crippen molar-refractivity contribution in [1.82, 2.24) is 14.8 Å². The summed E-state index contributed by atoms with van der Waals surface area (Å²) in [5.74, 6) is 0.349. The summed E-state index contributed by atoms with van der Waals surface area (Å²) in [6, 6.07) is 34.1. The summed E-state index contributed by atoms with van der Waals surface area (Å²) in [5, 5.41) is 0.752. The molecule has 1 aliphatic heterocycles. The molecule has 2 heterocycles. The highest BCUT2D eigenvalue weighted by Crippen LogP contribution is 2.42. The minimum Gasteiger partial charge on any atom is -0.366 e. The molecule has 3 atom stereocenters. The van der Waals surface area contributed by atoms with Crippen molar-refractivity contribution < 1.29 is 4.74 Å². The van der Waals surface area contributed by atoms with E-state index in [0.29, 0.717) is 12.0 Å². The lowest BCUT2D eigenvalue weighted by Gasteiger charge is -2.32. The van der Waals surface area contributed by atoms with Gasteiger partial charge < -0.3 is 14.5 Å². The molecule has 1 unspecified atom stereocenters. The third-order valence-corrected chi connectivity index (χ3v) is 10.0. The molecule has 0 spiro atoms. The van der Waals surface area contributed by atoms with E-state index in [1.807, 2.05) is 30.5 Å². The molecule has 242 valence electrons. The highest BCUT2D eigenvalue weighted by molar-refractivity contribution is 6.30. The Hall–Kier alpha value is -3.28. The van der Waals surface area contributed by atoms with E-state index < -0.39 is 5.60 Å². The van der Waals surface area contributed by atoms with Crippen molar-refractivity contribution in [3.05, 3.63) is 142 Å². The Morgan fingerprint density at radius 3 is 2.30 bits per heavy atom. The molecular weight excluding hydrogens is 586 g/mol. The maximum Gasteiger partial charge on any atom is 0.115 e. The van der Waals surface area contributed by atoms with Crippen molar-refractivity contribution >= 4 is 17.2 Å². The van der Waals surface area contributed by atoms with Crippen LogP contribution in [0.2, 0.25) is 5.02 Å². The Morgan fingerprint density at radius 1 is 0.935 bits per heavy atom. The van der Waals surface area contributed by atoms with Crippen molar-refractivity contribution in [3.8, 4) is 0 Å². The van der Waals surface area contributed by atoms with Gasteiger partial charge in [0.15, 0.2) is 0 Å². The molecular formula is C41H50ClN3O. The standard InChI is InChI=1S/C21H26ClNO.C20H24N2/c1-21(17-7-4-3-5-8-17,18-10-12-19(22)13-11-18)24-16-14-20-9-6-15-23(20)2;1-15(19-10-6-7-12-21-19)20-17(11-13-22(2)3)14-16-8-4-5-9-18(16)20/h3-5,7-8,10-13,20H,6,9,14-16H2,1-2H3;4-10,12,15H,11,13-14H2,1-3H3/t20-,21-;/m1./s1. The average molecular weight is 636 g/mol. The number of ether oxygens (including phenoxy) is 1. The number of nitrogens with zero attached hydrogens (tertiary/aromatic N) is 3. The van der Waals surface area contributed by atoms with Gasteiger partial charge in [0.05, 0.1) is 0 Å². The van der Waals surface area contributed by atoms with Crippen LogP contribution in [-0.4, -0.2) is 61.7 Å². The van der Waals surface area contributed by atoms with Crippen LogP contribution in [0.15, 0.2) is 109 Å². The molecule has 0 amide bonds. The predicted molar refractivity (Wildman–Crippen MR) is 193 cm³/mol. The van der Waals surface area contributed by atoms with Crippen LogP contribution < -0.4 is 0 Å². The Labute approximate surface area is 282 Å². The van der Waals surface area contributed by atoms with Gasteiger partial charge in [-0.05, 0) is 119 Å². The van der Waals surface area contributed by atoms with E-state index in [2.05, 4.69) is 123 Å². The molecule has 3 aromatic carbocycles. The van der Waals surface area contributed by atoms with Gasteiger partial charge >= 0.3 is 0 Å². The van der Waals surface area contributed by atoms with E-state index >= 15 is 0 Å².